The van der Waals surface area contributed by atoms with E-state index in [0.717, 1.165) is 54.9 Å². The molecule has 144 valence electrons. The van der Waals surface area contributed by atoms with Crippen LogP contribution in [-0.4, -0.2) is 39.3 Å². The first-order valence-corrected chi connectivity index (χ1v) is 9.57. The molecule has 2 aliphatic heterocycles. The number of nitrogens with one attached hydrogen (secondary N) is 2. The summed E-state index contributed by atoms with van der Waals surface area (Å²) in [6.07, 6.45) is 8.34. The van der Waals surface area contributed by atoms with E-state index in [0.29, 0.717) is 24.7 Å². The Morgan fingerprint density at radius 1 is 1.25 bits per heavy atom. The fraction of sp³-hybridized carbons (Fsp3) is 0.350. The number of nitrogens with zero attached hydrogens (tertiary/aromatic N) is 4. The third-order valence-corrected chi connectivity index (χ3v) is 5.33. The number of aromatic nitrogens is 4. The highest BCUT2D eigenvalue weighted by Gasteiger charge is 2.20. The molecule has 0 bridgehead atoms. The minimum Gasteiger partial charge on any atom is -0.493 e. The molecule has 3 aromatic rings. The Balaban J connectivity index is 1.45. The summed E-state index contributed by atoms with van der Waals surface area (Å²) < 4.78 is 21.8. The van der Waals surface area contributed by atoms with Gasteiger partial charge >= 0.3 is 0 Å². The predicted molar refractivity (Wildman–Crippen MR) is 104 cm³/mol. The van der Waals surface area contributed by atoms with Crippen molar-refractivity contribution in [2.75, 3.05) is 25.0 Å². The lowest BCUT2D eigenvalue weighted by Gasteiger charge is -2.13. The second kappa shape index (κ2) is 7.20. The number of hydrogen-bond donors (Lipinski definition) is 2. The normalized spacial score (nSPS) is 16.4. The van der Waals surface area contributed by atoms with Crippen molar-refractivity contribution in [1.29, 1.82) is 0 Å². The highest BCUT2D eigenvalue weighted by Crippen LogP contribution is 2.31. The number of halogens is 1. The summed E-state index contributed by atoms with van der Waals surface area (Å²) in [4.78, 5) is 4.58. The van der Waals surface area contributed by atoms with Crippen molar-refractivity contribution in [1.82, 2.24) is 24.9 Å². The van der Waals surface area contributed by atoms with E-state index < -0.39 is 0 Å². The van der Waals surface area contributed by atoms with Gasteiger partial charge in [-0.15, -0.1) is 10.2 Å². The van der Waals surface area contributed by atoms with Crippen LogP contribution in [0.15, 0.2) is 30.7 Å². The Morgan fingerprint density at radius 3 is 3.18 bits per heavy atom. The fourth-order valence-corrected chi connectivity index (χ4v) is 3.89. The number of benzene rings is 1. The maximum Gasteiger partial charge on any atom is 0.210 e. The van der Waals surface area contributed by atoms with Crippen molar-refractivity contribution in [3.63, 3.8) is 0 Å². The number of rotatable bonds is 4. The van der Waals surface area contributed by atoms with E-state index in [2.05, 4.69) is 31.9 Å². The molecule has 4 heterocycles. The zero-order chi connectivity index (χ0) is 18.9. The smallest absolute Gasteiger partial charge is 0.210 e. The van der Waals surface area contributed by atoms with Crippen LogP contribution in [0.4, 0.5) is 10.3 Å². The van der Waals surface area contributed by atoms with Crippen LogP contribution in [0.5, 0.6) is 5.75 Å². The molecule has 0 unspecified atom stereocenters. The minimum atomic E-state index is -0.232. The van der Waals surface area contributed by atoms with E-state index in [1.54, 1.807) is 12.4 Å². The Bertz CT molecular complexity index is 1060. The molecular weight excluding hydrogens is 359 g/mol. The second-order valence-corrected chi connectivity index (χ2v) is 6.99. The van der Waals surface area contributed by atoms with E-state index >= 15 is 0 Å². The molecule has 1 aromatic carbocycles. The van der Waals surface area contributed by atoms with Gasteiger partial charge in [0.15, 0.2) is 5.65 Å². The number of anilines is 1. The van der Waals surface area contributed by atoms with Gasteiger partial charge < -0.3 is 15.4 Å². The van der Waals surface area contributed by atoms with Gasteiger partial charge in [-0.2, -0.15) is 0 Å². The SMILES string of the molecule is Fc1ccc2c(c1CNc1ncc(C3=CCCNCC3)c3nncn13)CCO2. The first-order chi connectivity index (χ1) is 13.8. The van der Waals surface area contributed by atoms with Crippen LogP contribution >= 0.6 is 0 Å². The standard InChI is InChI=1S/C20H21FN6O/c21-17-3-4-18-14(6-9-28-18)16(17)11-24-20-23-10-15(19-26-25-12-27(19)20)13-2-1-7-22-8-5-13/h2-4,10,12,22H,1,5-9,11H2,(H,23,24). The predicted octanol–water partition coefficient (Wildman–Crippen LogP) is 2.58. The molecule has 0 atom stereocenters. The molecule has 0 amide bonds. The highest BCUT2D eigenvalue weighted by atomic mass is 19.1. The number of ether oxygens (including phenoxy) is 1. The van der Waals surface area contributed by atoms with Crippen molar-refractivity contribution in [2.24, 2.45) is 0 Å². The maximum atomic E-state index is 14.4. The Labute approximate surface area is 161 Å². The molecule has 0 radical (unpaired) electrons. The van der Waals surface area contributed by atoms with Crippen molar-refractivity contribution < 1.29 is 9.13 Å². The van der Waals surface area contributed by atoms with Gasteiger partial charge in [0.1, 0.15) is 17.9 Å². The van der Waals surface area contributed by atoms with E-state index in [9.17, 15) is 4.39 Å². The average Bonchev–Trinajstić information content (AvgIpc) is 3.31. The molecule has 2 aliphatic rings. The minimum absolute atomic E-state index is 0.232. The van der Waals surface area contributed by atoms with Gasteiger partial charge in [-0.25, -0.2) is 9.37 Å². The van der Waals surface area contributed by atoms with Crippen LogP contribution in [0.25, 0.3) is 11.2 Å². The monoisotopic (exact) mass is 380 g/mol. The molecule has 2 N–H and O–H groups in total. The third-order valence-electron chi connectivity index (χ3n) is 5.33. The van der Waals surface area contributed by atoms with E-state index in [4.69, 9.17) is 4.74 Å². The summed E-state index contributed by atoms with van der Waals surface area (Å²) in [5, 5.41) is 15.0. The lowest BCUT2D eigenvalue weighted by Crippen LogP contribution is -2.14. The molecule has 8 heteroatoms. The molecule has 0 aliphatic carbocycles. The summed E-state index contributed by atoms with van der Waals surface area (Å²) in [7, 11) is 0. The largest absolute Gasteiger partial charge is 0.493 e. The van der Waals surface area contributed by atoms with Gasteiger partial charge in [-0.1, -0.05) is 6.08 Å². The summed E-state index contributed by atoms with van der Waals surface area (Å²) in [6.45, 7) is 2.84. The number of fused-ring (bicyclic) bond motifs is 2. The van der Waals surface area contributed by atoms with Crippen molar-refractivity contribution >= 4 is 17.2 Å². The first kappa shape index (κ1) is 17.1. The van der Waals surface area contributed by atoms with E-state index in [1.807, 2.05) is 10.6 Å². The Hall–Kier alpha value is -3.00. The van der Waals surface area contributed by atoms with Crippen molar-refractivity contribution in [3.05, 3.63) is 53.2 Å². The molecule has 7 nitrogen and oxygen atoms in total. The topological polar surface area (TPSA) is 76.4 Å². The molecule has 0 spiro atoms. The van der Waals surface area contributed by atoms with Crippen LogP contribution in [0.1, 0.15) is 29.5 Å². The van der Waals surface area contributed by atoms with Crippen molar-refractivity contribution in [3.8, 4) is 5.75 Å². The summed E-state index contributed by atoms with van der Waals surface area (Å²) in [6, 6.07) is 3.15. The van der Waals surface area contributed by atoms with Gasteiger partial charge in [0, 0.05) is 35.9 Å². The van der Waals surface area contributed by atoms with E-state index in [1.165, 1.54) is 11.6 Å². The maximum absolute atomic E-state index is 14.4. The van der Waals surface area contributed by atoms with Gasteiger partial charge in [0.2, 0.25) is 5.95 Å². The molecule has 0 saturated heterocycles. The quantitative estimate of drug-likeness (QED) is 0.725. The summed E-state index contributed by atoms with van der Waals surface area (Å²) in [5.74, 6) is 1.13. The zero-order valence-electron chi connectivity index (χ0n) is 15.4. The van der Waals surface area contributed by atoms with Crippen LogP contribution in [0.2, 0.25) is 0 Å². The molecule has 0 saturated carbocycles. The summed E-state index contributed by atoms with van der Waals surface area (Å²) >= 11 is 0. The lowest BCUT2D eigenvalue weighted by atomic mass is 10.0. The molecular formula is C20H21FN6O. The van der Waals surface area contributed by atoms with Gasteiger partial charge in [0.05, 0.1) is 6.61 Å². The van der Waals surface area contributed by atoms with Crippen molar-refractivity contribution in [2.45, 2.75) is 25.8 Å². The Kier molecular flexibility index (Phi) is 4.40. The number of hydrogen-bond acceptors (Lipinski definition) is 6. The van der Waals surface area contributed by atoms with E-state index in [-0.39, 0.29) is 5.82 Å². The molecule has 5 rings (SSSR count). The van der Waals surface area contributed by atoms with Crippen LogP contribution < -0.4 is 15.4 Å². The zero-order valence-corrected chi connectivity index (χ0v) is 15.4. The highest BCUT2D eigenvalue weighted by molar-refractivity contribution is 5.76. The van der Waals surface area contributed by atoms with Gasteiger partial charge in [-0.05, 0) is 43.6 Å². The molecule has 2 aromatic heterocycles. The Morgan fingerprint density at radius 2 is 2.21 bits per heavy atom. The molecule has 28 heavy (non-hydrogen) atoms. The van der Waals surface area contributed by atoms with Crippen LogP contribution in [0.3, 0.4) is 0 Å². The average molecular weight is 380 g/mol. The lowest BCUT2D eigenvalue weighted by molar-refractivity contribution is 0.356. The fourth-order valence-electron chi connectivity index (χ4n) is 3.89. The first-order valence-electron chi connectivity index (χ1n) is 9.57. The summed E-state index contributed by atoms with van der Waals surface area (Å²) in [5.41, 5.74) is 4.53. The second-order valence-electron chi connectivity index (χ2n) is 6.99. The van der Waals surface area contributed by atoms with Gasteiger partial charge in [0.25, 0.3) is 0 Å². The van der Waals surface area contributed by atoms with Crippen LogP contribution in [-0.2, 0) is 13.0 Å². The van der Waals surface area contributed by atoms with Gasteiger partial charge in [-0.3, -0.25) is 4.40 Å². The molecule has 0 fully saturated rings. The van der Waals surface area contributed by atoms with Crippen LogP contribution in [0, 0.1) is 5.82 Å². The third kappa shape index (κ3) is 2.99.